The minimum absolute atomic E-state index is 0.00287. The number of rotatable bonds is 4. The van der Waals surface area contributed by atoms with Gasteiger partial charge in [0, 0.05) is 0 Å². The second-order valence-corrected chi connectivity index (χ2v) is 4.34. The van der Waals surface area contributed by atoms with Crippen LogP contribution >= 0.6 is 0 Å². The molecule has 0 amide bonds. The summed E-state index contributed by atoms with van der Waals surface area (Å²) in [6.45, 7) is 8.28. The van der Waals surface area contributed by atoms with Crippen molar-refractivity contribution in [1.82, 2.24) is 0 Å². The van der Waals surface area contributed by atoms with Gasteiger partial charge in [-0.3, -0.25) is 0 Å². The van der Waals surface area contributed by atoms with Gasteiger partial charge >= 0.3 is 0 Å². The quantitative estimate of drug-likeness (QED) is 0.601. The lowest BCUT2D eigenvalue weighted by Crippen LogP contribution is -2.36. The molecule has 2 bridgehead atoms. The SMILES string of the molecule is C=CCOC1(C=C)CC2CCC1C2. The van der Waals surface area contributed by atoms with Crippen LogP contribution in [0.2, 0.25) is 0 Å². The van der Waals surface area contributed by atoms with E-state index in [1.807, 2.05) is 12.2 Å². The molecular formula is C12H18O. The summed E-state index contributed by atoms with van der Waals surface area (Å²) in [5.74, 6) is 1.63. The fraction of sp³-hybridized carbons (Fsp3) is 0.667. The Morgan fingerprint density at radius 3 is 2.69 bits per heavy atom. The number of ether oxygens (including phenoxy) is 1. The molecule has 3 unspecified atom stereocenters. The van der Waals surface area contributed by atoms with E-state index < -0.39 is 0 Å². The van der Waals surface area contributed by atoms with Crippen molar-refractivity contribution < 1.29 is 4.74 Å². The van der Waals surface area contributed by atoms with E-state index in [0.29, 0.717) is 6.61 Å². The highest BCUT2D eigenvalue weighted by Crippen LogP contribution is 2.53. The predicted molar refractivity (Wildman–Crippen MR) is 54.5 cm³/mol. The average Bonchev–Trinajstić information content (AvgIpc) is 2.74. The van der Waals surface area contributed by atoms with Gasteiger partial charge in [0.25, 0.3) is 0 Å². The Morgan fingerprint density at radius 2 is 2.23 bits per heavy atom. The van der Waals surface area contributed by atoms with Crippen LogP contribution in [-0.2, 0) is 4.74 Å². The van der Waals surface area contributed by atoms with E-state index in [4.69, 9.17) is 4.74 Å². The van der Waals surface area contributed by atoms with Crippen LogP contribution < -0.4 is 0 Å². The lowest BCUT2D eigenvalue weighted by atomic mass is 9.84. The first-order valence-electron chi connectivity index (χ1n) is 5.19. The van der Waals surface area contributed by atoms with Crippen molar-refractivity contribution in [3.8, 4) is 0 Å². The van der Waals surface area contributed by atoms with E-state index in [-0.39, 0.29) is 5.60 Å². The molecule has 0 spiro atoms. The second-order valence-electron chi connectivity index (χ2n) is 4.34. The molecular weight excluding hydrogens is 160 g/mol. The van der Waals surface area contributed by atoms with Gasteiger partial charge in [0.1, 0.15) is 0 Å². The molecule has 3 atom stereocenters. The molecule has 72 valence electrons. The second kappa shape index (κ2) is 3.30. The molecule has 0 aromatic rings. The minimum atomic E-state index is -0.00287. The van der Waals surface area contributed by atoms with E-state index in [0.717, 1.165) is 11.8 Å². The van der Waals surface area contributed by atoms with Crippen molar-refractivity contribution in [3.05, 3.63) is 25.3 Å². The largest absolute Gasteiger partial charge is 0.367 e. The summed E-state index contributed by atoms with van der Waals surface area (Å²) in [7, 11) is 0. The van der Waals surface area contributed by atoms with Gasteiger partial charge in [0.2, 0.25) is 0 Å². The maximum atomic E-state index is 5.89. The van der Waals surface area contributed by atoms with E-state index in [1.54, 1.807) is 0 Å². The molecule has 0 aromatic carbocycles. The molecule has 0 aliphatic heterocycles. The number of hydrogen-bond acceptors (Lipinski definition) is 1. The Balaban J connectivity index is 2.07. The van der Waals surface area contributed by atoms with Gasteiger partial charge < -0.3 is 4.74 Å². The van der Waals surface area contributed by atoms with Gasteiger partial charge in [-0.05, 0) is 37.5 Å². The summed E-state index contributed by atoms with van der Waals surface area (Å²) in [6, 6.07) is 0. The standard InChI is InChI=1S/C12H18O/c1-3-7-13-12(4-2)9-10-5-6-11(12)8-10/h3-4,10-11H,1-2,5-9H2. The van der Waals surface area contributed by atoms with Crippen LogP contribution in [0, 0.1) is 11.8 Å². The number of fused-ring (bicyclic) bond motifs is 2. The topological polar surface area (TPSA) is 9.23 Å². The van der Waals surface area contributed by atoms with Crippen molar-refractivity contribution in [2.45, 2.75) is 31.3 Å². The molecule has 0 aromatic heterocycles. The van der Waals surface area contributed by atoms with Crippen LogP contribution in [0.3, 0.4) is 0 Å². The normalized spacial score (nSPS) is 42.2. The molecule has 0 saturated heterocycles. The molecule has 0 heterocycles. The van der Waals surface area contributed by atoms with E-state index >= 15 is 0 Å². The van der Waals surface area contributed by atoms with E-state index in [1.165, 1.54) is 25.7 Å². The van der Waals surface area contributed by atoms with Gasteiger partial charge in [-0.2, -0.15) is 0 Å². The Morgan fingerprint density at radius 1 is 1.38 bits per heavy atom. The van der Waals surface area contributed by atoms with Crippen molar-refractivity contribution in [1.29, 1.82) is 0 Å². The van der Waals surface area contributed by atoms with Crippen molar-refractivity contribution in [2.24, 2.45) is 11.8 Å². The third-order valence-electron chi connectivity index (χ3n) is 3.66. The summed E-state index contributed by atoms with van der Waals surface area (Å²) >= 11 is 0. The average molecular weight is 178 g/mol. The van der Waals surface area contributed by atoms with Gasteiger partial charge in [0.05, 0.1) is 12.2 Å². The Bertz CT molecular complexity index is 221. The number of hydrogen-bond donors (Lipinski definition) is 0. The molecule has 2 aliphatic rings. The van der Waals surface area contributed by atoms with Crippen LogP contribution in [0.15, 0.2) is 25.3 Å². The molecule has 2 fully saturated rings. The molecule has 0 N–H and O–H groups in total. The van der Waals surface area contributed by atoms with Crippen LogP contribution in [-0.4, -0.2) is 12.2 Å². The Labute approximate surface area is 80.5 Å². The highest BCUT2D eigenvalue weighted by atomic mass is 16.5. The monoisotopic (exact) mass is 178 g/mol. The van der Waals surface area contributed by atoms with Crippen molar-refractivity contribution >= 4 is 0 Å². The van der Waals surface area contributed by atoms with Gasteiger partial charge in [-0.15, -0.1) is 13.2 Å². The van der Waals surface area contributed by atoms with Gasteiger partial charge in [0.15, 0.2) is 0 Å². The van der Waals surface area contributed by atoms with E-state index in [2.05, 4.69) is 13.2 Å². The lowest BCUT2D eigenvalue weighted by molar-refractivity contribution is -0.0321. The van der Waals surface area contributed by atoms with Gasteiger partial charge in [-0.1, -0.05) is 12.2 Å². The zero-order valence-corrected chi connectivity index (χ0v) is 8.17. The van der Waals surface area contributed by atoms with Crippen LogP contribution in [0.4, 0.5) is 0 Å². The molecule has 2 rings (SSSR count). The fourth-order valence-corrected chi connectivity index (χ4v) is 3.02. The van der Waals surface area contributed by atoms with Crippen LogP contribution in [0.1, 0.15) is 25.7 Å². The Kier molecular flexibility index (Phi) is 2.29. The maximum absolute atomic E-state index is 5.89. The van der Waals surface area contributed by atoms with E-state index in [9.17, 15) is 0 Å². The highest BCUT2D eigenvalue weighted by Gasteiger charge is 2.49. The molecule has 0 radical (unpaired) electrons. The summed E-state index contributed by atoms with van der Waals surface area (Å²) in [5, 5.41) is 0. The first-order chi connectivity index (χ1) is 6.30. The molecule has 1 nitrogen and oxygen atoms in total. The van der Waals surface area contributed by atoms with Crippen molar-refractivity contribution in [3.63, 3.8) is 0 Å². The molecule has 1 heteroatoms. The minimum Gasteiger partial charge on any atom is -0.367 e. The third-order valence-corrected chi connectivity index (χ3v) is 3.66. The highest BCUT2D eigenvalue weighted by molar-refractivity contribution is 5.11. The predicted octanol–water partition coefficient (Wildman–Crippen LogP) is 2.93. The van der Waals surface area contributed by atoms with Crippen molar-refractivity contribution in [2.75, 3.05) is 6.61 Å². The summed E-state index contributed by atoms with van der Waals surface area (Å²) in [4.78, 5) is 0. The molecule has 2 aliphatic carbocycles. The molecule has 2 saturated carbocycles. The summed E-state index contributed by atoms with van der Waals surface area (Å²) < 4.78 is 5.89. The maximum Gasteiger partial charge on any atom is 0.0894 e. The lowest BCUT2D eigenvalue weighted by Gasteiger charge is -2.34. The Hall–Kier alpha value is -0.560. The smallest absolute Gasteiger partial charge is 0.0894 e. The van der Waals surface area contributed by atoms with Crippen LogP contribution in [0.5, 0.6) is 0 Å². The third kappa shape index (κ3) is 1.35. The zero-order chi connectivity index (χ0) is 9.31. The first kappa shape index (κ1) is 9.01. The molecule has 13 heavy (non-hydrogen) atoms. The fourth-order valence-electron chi connectivity index (χ4n) is 3.02. The summed E-state index contributed by atoms with van der Waals surface area (Å²) in [5.41, 5.74) is -0.00287. The van der Waals surface area contributed by atoms with Gasteiger partial charge in [-0.25, -0.2) is 0 Å². The summed E-state index contributed by atoms with van der Waals surface area (Å²) in [6.07, 6.45) is 9.13. The first-order valence-corrected chi connectivity index (χ1v) is 5.19. The zero-order valence-electron chi connectivity index (χ0n) is 8.17. The van der Waals surface area contributed by atoms with Crippen LogP contribution in [0.25, 0.3) is 0 Å².